The third kappa shape index (κ3) is 5.58. The minimum Gasteiger partial charge on any atom is -0.495 e. The molecule has 0 aliphatic heterocycles. The molecule has 0 aromatic heterocycles. The number of sulfonamides is 1. The summed E-state index contributed by atoms with van der Waals surface area (Å²) in [4.78, 5) is 13.0. The number of rotatable bonds is 10. The molecule has 34 heavy (non-hydrogen) atoms. The summed E-state index contributed by atoms with van der Waals surface area (Å²) >= 11 is 0. The molecule has 0 atom stereocenters. The number of aryl methyl sites for hydroxylation is 1. The van der Waals surface area contributed by atoms with Crippen molar-refractivity contribution in [1.82, 2.24) is 5.32 Å². The molecule has 3 aromatic carbocycles. The Hall–Kier alpha value is -3.36. The Labute approximate surface area is 201 Å². The summed E-state index contributed by atoms with van der Waals surface area (Å²) in [7, 11) is -0.978. The average Bonchev–Trinajstić information content (AvgIpc) is 2.86. The van der Waals surface area contributed by atoms with Gasteiger partial charge in [0.05, 0.1) is 24.3 Å². The van der Waals surface area contributed by atoms with Gasteiger partial charge in [-0.1, -0.05) is 42.5 Å². The van der Waals surface area contributed by atoms with Crippen molar-refractivity contribution >= 4 is 21.6 Å². The third-order valence-electron chi connectivity index (χ3n) is 5.56. The normalized spacial score (nSPS) is 11.2. The Bertz CT molecular complexity index is 1260. The Morgan fingerprint density at radius 3 is 2.38 bits per heavy atom. The number of carbonyl (C=O) groups is 1. The van der Waals surface area contributed by atoms with Crippen molar-refractivity contribution in [3.8, 4) is 5.75 Å². The summed E-state index contributed by atoms with van der Waals surface area (Å²) in [5, 5.41) is 2.91. The standard InChI is InChI=1S/C26H30N2O5S/c1-5-33-18-21-11-7-6-10-20(21)17-27-26(29)23-16-22(15-14-19(23)2)34(30,31)28(3)24-12-8-9-13-25(24)32-4/h6-16H,5,17-18H2,1-4H3,(H,27,29). The van der Waals surface area contributed by atoms with Crippen LogP contribution >= 0.6 is 0 Å². The topological polar surface area (TPSA) is 84.9 Å². The largest absolute Gasteiger partial charge is 0.495 e. The number of hydrogen-bond acceptors (Lipinski definition) is 5. The number of amides is 1. The van der Waals surface area contributed by atoms with E-state index in [1.54, 1.807) is 37.3 Å². The lowest BCUT2D eigenvalue weighted by molar-refractivity contribution is 0.0949. The summed E-state index contributed by atoms with van der Waals surface area (Å²) in [6, 6.07) is 19.2. The van der Waals surface area contributed by atoms with Crippen LogP contribution in [0.1, 0.15) is 34.0 Å². The predicted octanol–water partition coefficient (Wildman–Crippen LogP) is 4.30. The monoisotopic (exact) mass is 482 g/mol. The van der Waals surface area contributed by atoms with Gasteiger partial charge in [-0.05, 0) is 54.8 Å². The molecule has 8 heteroatoms. The van der Waals surface area contributed by atoms with Gasteiger partial charge in [-0.3, -0.25) is 9.10 Å². The van der Waals surface area contributed by atoms with E-state index in [2.05, 4.69) is 5.32 Å². The maximum absolute atomic E-state index is 13.3. The van der Waals surface area contributed by atoms with Gasteiger partial charge in [0.2, 0.25) is 0 Å². The van der Waals surface area contributed by atoms with Crippen molar-refractivity contribution in [2.45, 2.75) is 31.9 Å². The fraction of sp³-hybridized carbons (Fsp3) is 0.269. The molecule has 0 heterocycles. The number of nitrogens with one attached hydrogen (secondary N) is 1. The van der Waals surface area contributed by atoms with Crippen molar-refractivity contribution in [3.63, 3.8) is 0 Å². The van der Waals surface area contributed by atoms with Crippen molar-refractivity contribution in [2.24, 2.45) is 0 Å². The summed E-state index contributed by atoms with van der Waals surface area (Å²) in [5.74, 6) is 0.0880. The van der Waals surface area contributed by atoms with Crippen LogP contribution in [0.25, 0.3) is 0 Å². The fourth-order valence-electron chi connectivity index (χ4n) is 3.54. The molecule has 0 aliphatic carbocycles. The van der Waals surface area contributed by atoms with Crippen molar-refractivity contribution in [1.29, 1.82) is 0 Å². The van der Waals surface area contributed by atoms with Crippen LogP contribution in [0.4, 0.5) is 5.69 Å². The molecule has 0 unspecified atom stereocenters. The van der Waals surface area contributed by atoms with Crippen molar-refractivity contribution in [3.05, 3.63) is 89.0 Å². The van der Waals surface area contributed by atoms with Gasteiger partial charge in [0.1, 0.15) is 5.75 Å². The van der Waals surface area contributed by atoms with E-state index in [1.165, 1.54) is 26.3 Å². The molecule has 0 bridgehead atoms. The van der Waals surface area contributed by atoms with E-state index in [-0.39, 0.29) is 10.8 Å². The molecule has 1 amide bonds. The van der Waals surface area contributed by atoms with E-state index in [0.29, 0.717) is 42.3 Å². The van der Waals surface area contributed by atoms with Crippen LogP contribution in [0, 0.1) is 6.92 Å². The smallest absolute Gasteiger partial charge is 0.264 e. The molecule has 7 nitrogen and oxygen atoms in total. The molecule has 3 rings (SSSR count). The molecule has 0 fully saturated rings. The van der Waals surface area contributed by atoms with Gasteiger partial charge in [0.25, 0.3) is 15.9 Å². The number of hydrogen-bond donors (Lipinski definition) is 1. The second-order valence-corrected chi connectivity index (χ2v) is 9.68. The first-order valence-electron chi connectivity index (χ1n) is 10.9. The van der Waals surface area contributed by atoms with E-state index < -0.39 is 10.0 Å². The first-order valence-corrected chi connectivity index (χ1v) is 12.4. The van der Waals surface area contributed by atoms with Gasteiger partial charge < -0.3 is 14.8 Å². The maximum atomic E-state index is 13.3. The Kier molecular flexibility index (Phi) is 8.31. The Morgan fingerprint density at radius 2 is 1.68 bits per heavy atom. The zero-order valence-electron chi connectivity index (χ0n) is 19.9. The molecule has 3 aromatic rings. The van der Waals surface area contributed by atoms with Gasteiger partial charge in [0.15, 0.2) is 0 Å². The van der Waals surface area contributed by atoms with E-state index in [1.807, 2.05) is 31.2 Å². The molecule has 0 saturated carbocycles. The quantitative estimate of drug-likeness (QED) is 0.466. The highest BCUT2D eigenvalue weighted by atomic mass is 32.2. The summed E-state index contributed by atoms with van der Waals surface area (Å²) in [6.45, 7) is 5.08. The second-order valence-electron chi connectivity index (χ2n) is 7.71. The SMILES string of the molecule is CCOCc1ccccc1CNC(=O)c1cc(S(=O)(=O)N(C)c2ccccc2OC)ccc1C. The maximum Gasteiger partial charge on any atom is 0.264 e. The van der Waals surface area contributed by atoms with E-state index in [4.69, 9.17) is 9.47 Å². The lowest BCUT2D eigenvalue weighted by atomic mass is 10.1. The molecular formula is C26H30N2O5S. The van der Waals surface area contributed by atoms with Crippen LogP contribution in [0.15, 0.2) is 71.6 Å². The summed E-state index contributed by atoms with van der Waals surface area (Å²) in [5.41, 5.74) is 3.33. The number of nitrogens with zero attached hydrogens (tertiary/aromatic N) is 1. The molecule has 0 aliphatic rings. The summed E-state index contributed by atoms with van der Waals surface area (Å²) < 4.78 is 38.6. The number of carbonyl (C=O) groups excluding carboxylic acids is 1. The highest BCUT2D eigenvalue weighted by Crippen LogP contribution is 2.31. The molecule has 180 valence electrons. The minimum absolute atomic E-state index is 0.0217. The van der Waals surface area contributed by atoms with Gasteiger partial charge in [-0.25, -0.2) is 8.42 Å². The van der Waals surface area contributed by atoms with Crippen LogP contribution < -0.4 is 14.4 Å². The molecule has 0 radical (unpaired) electrons. The molecule has 0 saturated heterocycles. The van der Waals surface area contributed by atoms with Crippen LogP contribution in [-0.4, -0.2) is 35.1 Å². The van der Waals surface area contributed by atoms with E-state index in [0.717, 1.165) is 15.4 Å². The van der Waals surface area contributed by atoms with Gasteiger partial charge in [-0.15, -0.1) is 0 Å². The first-order chi connectivity index (χ1) is 16.3. The molecular weight excluding hydrogens is 452 g/mol. The average molecular weight is 483 g/mol. The van der Waals surface area contributed by atoms with Gasteiger partial charge in [-0.2, -0.15) is 0 Å². The fourth-order valence-corrected chi connectivity index (χ4v) is 4.77. The predicted molar refractivity (Wildman–Crippen MR) is 133 cm³/mol. The van der Waals surface area contributed by atoms with Crippen LogP contribution in [0.3, 0.4) is 0 Å². The number of benzene rings is 3. The minimum atomic E-state index is -3.92. The van der Waals surface area contributed by atoms with Gasteiger partial charge in [0, 0.05) is 25.8 Å². The highest BCUT2D eigenvalue weighted by molar-refractivity contribution is 7.92. The van der Waals surface area contributed by atoms with Crippen molar-refractivity contribution in [2.75, 3.05) is 25.1 Å². The number of ether oxygens (including phenoxy) is 2. The number of methoxy groups -OCH3 is 1. The Morgan fingerprint density at radius 1 is 1.00 bits per heavy atom. The number of anilines is 1. The van der Waals surface area contributed by atoms with Gasteiger partial charge >= 0.3 is 0 Å². The van der Waals surface area contributed by atoms with Crippen LogP contribution in [0.5, 0.6) is 5.75 Å². The summed E-state index contributed by atoms with van der Waals surface area (Å²) in [6.07, 6.45) is 0. The Balaban J connectivity index is 1.84. The molecule has 1 N–H and O–H groups in total. The lowest BCUT2D eigenvalue weighted by Gasteiger charge is -2.22. The zero-order chi connectivity index (χ0) is 24.7. The second kappa shape index (κ2) is 11.2. The third-order valence-corrected chi connectivity index (χ3v) is 7.32. The lowest BCUT2D eigenvalue weighted by Crippen LogP contribution is -2.28. The zero-order valence-corrected chi connectivity index (χ0v) is 20.7. The van der Waals surface area contributed by atoms with Crippen LogP contribution in [0.2, 0.25) is 0 Å². The van der Waals surface area contributed by atoms with E-state index in [9.17, 15) is 13.2 Å². The van der Waals surface area contributed by atoms with E-state index >= 15 is 0 Å². The first kappa shape index (κ1) is 25.3. The van der Waals surface area contributed by atoms with Crippen LogP contribution in [-0.2, 0) is 27.9 Å². The highest BCUT2D eigenvalue weighted by Gasteiger charge is 2.25. The van der Waals surface area contributed by atoms with Crippen molar-refractivity contribution < 1.29 is 22.7 Å². The molecule has 0 spiro atoms. The number of para-hydroxylation sites is 2.